The lowest BCUT2D eigenvalue weighted by molar-refractivity contribution is 0.0644. The van der Waals surface area contributed by atoms with Gasteiger partial charge in [-0.25, -0.2) is 0 Å². The highest BCUT2D eigenvalue weighted by molar-refractivity contribution is 5.95. The van der Waals surface area contributed by atoms with E-state index in [9.17, 15) is 4.79 Å². The molecule has 22 heavy (non-hydrogen) atoms. The Morgan fingerprint density at radius 3 is 2.27 bits per heavy atom. The van der Waals surface area contributed by atoms with E-state index in [2.05, 4.69) is 4.90 Å². The van der Waals surface area contributed by atoms with E-state index in [4.69, 9.17) is 5.73 Å². The first-order valence-corrected chi connectivity index (χ1v) is 7.63. The molecule has 2 fully saturated rings. The second-order valence-corrected chi connectivity index (χ2v) is 5.89. The molecule has 0 spiro atoms. The molecule has 0 aliphatic carbocycles. The first-order valence-electron chi connectivity index (χ1n) is 7.63. The normalized spacial score (nSPS) is 19.4. The van der Waals surface area contributed by atoms with E-state index in [1.807, 2.05) is 23.1 Å². The van der Waals surface area contributed by atoms with E-state index < -0.39 is 0 Å². The highest BCUT2D eigenvalue weighted by atomic mass is 35.5. The Labute approximate surface area is 144 Å². The van der Waals surface area contributed by atoms with Crippen molar-refractivity contribution in [3.8, 4) is 0 Å². The van der Waals surface area contributed by atoms with Gasteiger partial charge in [-0.3, -0.25) is 4.79 Å². The average molecular weight is 346 g/mol. The summed E-state index contributed by atoms with van der Waals surface area (Å²) < 4.78 is 0. The number of carbonyl (C=O) groups excluding carboxylic acids is 1. The molecule has 0 radical (unpaired) electrons. The summed E-state index contributed by atoms with van der Waals surface area (Å²) >= 11 is 0. The van der Waals surface area contributed by atoms with Gasteiger partial charge in [-0.05, 0) is 57.0 Å². The highest BCUT2D eigenvalue weighted by Gasteiger charge is 2.28. The first-order chi connectivity index (χ1) is 9.74. The largest absolute Gasteiger partial charge is 0.399 e. The van der Waals surface area contributed by atoms with Crippen LogP contribution in [0.5, 0.6) is 0 Å². The second-order valence-electron chi connectivity index (χ2n) is 5.89. The van der Waals surface area contributed by atoms with Crippen molar-refractivity contribution in [3.63, 3.8) is 0 Å². The molecule has 0 atom stereocenters. The zero-order valence-electron chi connectivity index (χ0n) is 12.7. The van der Waals surface area contributed by atoms with Gasteiger partial charge in [-0.2, -0.15) is 0 Å². The van der Waals surface area contributed by atoms with Crippen LogP contribution in [-0.2, 0) is 0 Å². The number of hydrogen-bond donors (Lipinski definition) is 1. The third kappa shape index (κ3) is 4.28. The maximum absolute atomic E-state index is 12.4. The van der Waals surface area contributed by atoms with Crippen molar-refractivity contribution in [2.24, 2.45) is 0 Å². The fourth-order valence-electron chi connectivity index (χ4n) is 3.40. The van der Waals surface area contributed by atoms with Gasteiger partial charge in [0.05, 0.1) is 0 Å². The topological polar surface area (TPSA) is 49.6 Å². The van der Waals surface area contributed by atoms with Crippen LogP contribution >= 0.6 is 24.8 Å². The molecule has 124 valence electrons. The van der Waals surface area contributed by atoms with Crippen LogP contribution in [0, 0.1) is 0 Å². The summed E-state index contributed by atoms with van der Waals surface area (Å²) in [6.45, 7) is 4.23. The molecule has 2 aliphatic heterocycles. The molecule has 2 N–H and O–H groups in total. The van der Waals surface area contributed by atoms with Gasteiger partial charge >= 0.3 is 0 Å². The maximum Gasteiger partial charge on any atom is 0.253 e. The van der Waals surface area contributed by atoms with Gasteiger partial charge in [0, 0.05) is 30.4 Å². The quantitative estimate of drug-likeness (QED) is 0.838. The number of benzene rings is 1. The Morgan fingerprint density at radius 1 is 1.05 bits per heavy atom. The number of amides is 1. The number of nitrogen functional groups attached to an aromatic ring is 1. The highest BCUT2D eigenvalue weighted by Crippen LogP contribution is 2.22. The molecule has 1 aromatic carbocycles. The van der Waals surface area contributed by atoms with Crippen LogP contribution in [0.1, 0.15) is 36.0 Å². The number of anilines is 1. The van der Waals surface area contributed by atoms with Crippen LogP contribution in [-0.4, -0.2) is 47.9 Å². The number of halogens is 2. The van der Waals surface area contributed by atoms with Crippen LogP contribution < -0.4 is 5.73 Å². The number of nitrogens with zero attached hydrogens (tertiary/aromatic N) is 2. The number of nitrogens with two attached hydrogens (primary N) is 1. The molecule has 2 heterocycles. The Bertz CT molecular complexity index is 484. The second kappa shape index (κ2) is 8.61. The predicted octanol–water partition coefficient (Wildman–Crippen LogP) is 2.81. The summed E-state index contributed by atoms with van der Waals surface area (Å²) in [7, 11) is 0. The lowest BCUT2D eigenvalue weighted by Gasteiger charge is -2.36. The molecule has 1 amide bonds. The third-order valence-electron chi connectivity index (χ3n) is 4.54. The third-order valence-corrected chi connectivity index (χ3v) is 4.54. The van der Waals surface area contributed by atoms with Gasteiger partial charge < -0.3 is 15.5 Å². The number of piperidine rings is 1. The van der Waals surface area contributed by atoms with Crippen molar-refractivity contribution in [3.05, 3.63) is 29.8 Å². The minimum atomic E-state index is 0. The van der Waals surface area contributed by atoms with Crippen molar-refractivity contribution in [1.29, 1.82) is 0 Å². The SMILES string of the molecule is Cl.Cl.Nc1cccc(C(=O)N2CCC(N3CCCC3)CC2)c1. The molecule has 0 saturated carbocycles. The standard InChI is InChI=1S/C16H23N3O.2ClH/c17-14-5-3-4-13(12-14)16(20)19-10-6-15(7-11-19)18-8-1-2-9-18;;/h3-5,12,15H,1-2,6-11,17H2;2*1H. The van der Waals surface area contributed by atoms with Gasteiger partial charge in [-0.15, -0.1) is 24.8 Å². The Balaban J connectivity index is 0.00000121. The van der Waals surface area contributed by atoms with Crippen LogP contribution in [0.15, 0.2) is 24.3 Å². The molecule has 2 saturated heterocycles. The van der Waals surface area contributed by atoms with Crippen molar-refractivity contribution in [2.75, 3.05) is 31.9 Å². The van der Waals surface area contributed by atoms with Crippen molar-refractivity contribution >= 4 is 36.4 Å². The predicted molar refractivity (Wildman–Crippen MR) is 95.1 cm³/mol. The summed E-state index contributed by atoms with van der Waals surface area (Å²) in [5.74, 6) is 0.122. The van der Waals surface area contributed by atoms with Crippen LogP contribution in [0.3, 0.4) is 0 Å². The minimum absolute atomic E-state index is 0. The number of likely N-dealkylation sites (tertiary alicyclic amines) is 2. The summed E-state index contributed by atoms with van der Waals surface area (Å²) in [4.78, 5) is 17.0. The van der Waals surface area contributed by atoms with Gasteiger partial charge in [0.25, 0.3) is 5.91 Å². The molecular weight excluding hydrogens is 321 g/mol. The maximum atomic E-state index is 12.4. The minimum Gasteiger partial charge on any atom is -0.399 e. The Hall–Kier alpha value is -0.970. The lowest BCUT2D eigenvalue weighted by atomic mass is 10.0. The van der Waals surface area contributed by atoms with Gasteiger partial charge in [0.15, 0.2) is 0 Å². The van der Waals surface area contributed by atoms with E-state index in [-0.39, 0.29) is 30.7 Å². The number of hydrogen-bond acceptors (Lipinski definition) is 3. The van der Waals surface area contributed by atoms with Crippen LogP contribution in [0.25, 0.3) is 0 Å². The summed E-state index contributed by atoms with van der Waals surface area (Å²) in [5.41, 5.74) is 7.12. The fraction of sp³-hybridized carbons (Fsp3) is 0.562. The Morgan fingerprint density at radius 2 is 1.68 bits per heavy atom. The zero-order chi connectivity index (χ0) is 13.9. The van der Waals surface area contributed by atoms with E-state index in [0.717, 1.165) is 25.9 Å². The number of rotatable bonds is 2. The molecule has 0 unspecified atom stereocenters. The molecule has 1 aromatic rings. The van der Waals surface area contributed by atoms with E-state index in [1.165, 1.54) is 25.9 Å². The molecular formula is C16H25Cl2N3O. The van der Waals surface area contributed by atoms with Crippen molar-refractivity contribution < 1.29 is 4.79 Å². The Kier molecular flexibility index (Phi) is 7.46. The average Bonchev–Trinajstić information content (AvgIpc) is 3.01. The van der Waals surface area contributed by atoms with Gasteiger partial charge in [0.1, 0.15) is 0 Å². The number of carbonyl (C=O) groups is 1. The summed E-state index contributed by atoms with van der Waals surface area (Å²) in [6, 6.07) is 7.97. The zero-order valence-corrected chi connectivity index (χ0v) is 14.4. The lowest BCUT2D eigenvalue weighted by Crippen LogP contribution is -2.45. The van der Waals surface area contributed by atoms with Crippen LogP contribution in [0.4, 0.5) is 5.69 Å². The smallest absolute Gasteiger partial charge is 0.253 e. The first kappa shape index (κ1) is 19.1. The summed E-state index contributed by atoms with van der Waals surface area (Å²) in [5, 5.41) is 0. The molecule has 0 aromatic heterocycles. The van der Waals surface area contributed by atoms with Crippen molar-refractivity contribution in [1.82, 2.24) is 9.80 Å². The van der Waals surface area contributed by atoms with E-state index in [1.54, 1.807) is 6.07 Å². The monoisotopic (exact) mass is 345 g/mol. The molecule has 4 nitrogen and oxygen atoms in total. The molecule has 3 rings (SSSR count). The van der Waals surface area contributed by atoms with E-state index >= 15 is 0 Å². The fourth-order valence-corrected chi connectivity index (χ4v) is 3.40. The van der Waals surface area contributed by atoms with Crippen molar-refractivity contribution in [2.45, 2.75) is 31.7 Å². The molecule has 2 aliphatic rings. The summed E-state index contributed by atoms with van der Waals surface area (Å²) in [6.07, 6.45) is 4.88. The van der Waals surface area contributed by atoms with Gasteiger partial charge in [-0.1, -0.05) is 6.07 Å². The molecule has 0 bridgehead atoms. The van der Waals surface area contributed by atoms with Gasteiger partial charge in [0.2, 0.25) is 0 Å². The van der Waals surface area contributed by atoms with Crippen LogP contribution in [0.2, 0.25) is 0 Å². The van der Waals surface area contributed by atoms with E-state index in [0.29, 0.717) is 17.3 Å². The molecule has 6 heteroatoms.